The van der Waals surface area contributed by atoms with Crippen LogP contribution in [-0.4, -0.2) is 22.0 Å². The standard InChI is InChI=1S/C11H10BrClO4/c1-5(14)9(13)6-3-2-4-7(12)8(6)10(15)11(16)17/h2-4,9-10,15H,1H3,(H,16,17). The van der Waals surface area contributed by atoms with E-state index in [4.69, 9.17) is 16.7 Å². The predicted octanol–water partition coefficient (Wildman–Crippen LogP) is 2.44. The number of aliphatic carboxylic acids is 1. The van der Waals surface area contributed by atoms with Gasteiger partial charge in [-0.3, -0.25) is 4.79 Å². The number of carboxylic acids is 1. The van der Waals surface area contributed by atoms with Crippen LogP contribution in [-0.2, 0) is 9.59 Å². The van der Waals surface area contributed by atoms with E-state index in [1.54, 1.807) is 12.1 Å². The first-order chi connectivity index (χ1) is 7.86. The van der Waals surface area contributed by atoms with Gasteiger partial charge in [-0.15, -0.1) is 11.6 Å². The van der Waals surface area contributed by atoms with Crippen LogP contribution in [0.2, 0.25) is 0 Å². The van der Waals surface area contributed by atoms with E-state index in [1.165, 1.54) is 13.0 Å². The molecule has 2 unspecified atom stereocenters. The Balaban J connectivity index is 3.36. The Kier molecular flexibility index (Phi) is 4.68. The molecule has 0 amide bonds. The van der Waals surface area contributed by atoms with Crippen molar-refractivity contribution in [1.82, 2.24) is 0 Å². The number of halogens is 2. The zero-order valence-corrected chi connectivity index (χ0v) is 11.2. The number of carbonyl (C=O) groups is 2. The van der Waals surface area contributed by atoms with Gasteiger partial charge in [0.05, 0.1) is 0 Å². The number of benzene rings is 1. The van der Waals surface area contributed by atoms with Gasteiger partial charge < -0.3 is 10.2 Å². The second-order valence-corrected chi connectivity index (χ2v) is 4.75. The van der Waals surface area contributed by atoms with Crippen LogP contribution >= 0.6 is 27.5 Å². The van der Waals surface area contributed by atoms with Crippen molar-refractivity contribution >= 4 is 39.3 Å². The summed E-state index contributed by atoms with van der Waals surface area (Å²) in [5, 5.41) is 17.4. The van der Waals surface area contributed by atoms with Gasteiger partial charge >= 0.3 is 5.97 Å². The molecule has 17 heavy (non-hydrogen) atoms. The monoisotopic (exact) mass is 320 g/mol. The average Bonchev–Trinajstić information content (AvgIpc) is 2.26. The molecule has 4 nitrogen and oxygen atoms in total. The van der Waals surface area contributed by atoms with E-state index in [0.29, 0.717) is 10.0 Å². The molecular weight excluding hydrogens is 311 g/mol. The maximum Gasteiger partial charge on any atom is 0.337 e. The molecule has 1 rings (SSSR count). The third-order valence-electron chi connectivity index (χ3n) is 2.22. The highest BCUT2D eigenvalue weighted by Crippen LogP contribution is 2.34. The molecule has 6 heteroatoms. The molecule has 0 aromatic heterocycles. The highest BCUT2D eigenvalue weighted by Gasteiger charge is 2.26. The number of alkyl halides is 1. The summed E-state index contributed by atoms with van der Waals surface area (Å²) in [4.78, 5) is 22.0. The normalized spacial score (nSPS) is 14.1. The minimum absolute atomic E-state index is 0.107. The first-order valence-corrected chi connectivity index (χ1v) is 5.93. The summed E-state index contributed by atoms with van der Waals surface area (Å²) in [6.07, 6.45) is -1.72. The van der Waals surface area contributed by atoms with E-state index in [1.807, 2.05) is 0 Å². The Labute approximate surface area is 111 Å². The van der Waals surface area contributed by atoms with Crippen LogP contribution in [0.3, 0.4) is 0 Å². The van der Waals surface area contributed by atoms with E-state index < -0.39 is 17.5 Å². The molecule has 0 spiro atoms. The summed E-state index contributed by atoms with van der Waals surface area (Å²) in [5.41, 5.74) is 0.402. The van der Waals surface area contributed by atoms with E-state index in [9.17, 15) is 14.7 Å². The van der Waals surface area contributed by atoms with Crippen molar-refractivity contribution in [2.24, 2.45) is 0 Å². The summed E-state index contributed by atoms with van der Waals surface area (Å²) in [6.45, 7) is 1.30. The largest absolute Gasteiger partial charge is 0.479 e. The molecule has 1 aromatic rings. The fraction of sp³-hybridized carbons (Fsp3) is 0.273. The number of aliphatic hydroxyl groups excluding tert-OH is 1. The molecule has 0 aliphatic carbocycles. The van der Waals surface area contributed by atoms with Gasteiger partial charge in [-0.2, -0.15) is 0 Å². The Morgan fingerprint density at radius 3 is 2.47 bits per heavy atom. The fourth-order valence-electron chi connectivity index (χ4n) is 1.41. The van der Waals surface area contributed by atoms with Gasteiger partial charge in [-0.05, 0) is 18.6 Å². The number of Topliss-reactive ketones (excluding diaryl/α,β-unsaturated/α-hetero) is 1. The zero-order valence-electron chi connectivity index (χ0n) is 8.85. The van der Waals surface area contributed by atoms with Gasteiger partial charge in [0.15, 0.2) is 11.9 Å². The molecule has 0 aliphatic heterocycles. The second kappa shape index (κ2) is 5.62. The number of carbonyl (C=O) groups excluding carboxylic acids is 1. The Bertz CT molecular complexity index is 461. The fourth-order valence-corrected chi connectivity index (χ4v) is 2.19. The number of carboxylic acid groups (broad SMARTS) is 1. The number of ketones is 1. The summed E-state index contributed by atoms with van der Waals surface area (Å²) >= 11 is 9.03. The van der Waals surface area contributed by atoms with Crippen LogP contribution in [0.15, 0.2) is 22.7 Å². The SMILES string of the molecule is CC(=O)C(Cl)c1cccc(Br)c1C(O)C(=O)O. The first-order valence-electron chi connectivity index (χ1n) is 4.70. The third-order valence-corrected chi connectivity index (χ3v) is 3.46. The molecule has 0 radical (unpaired) electrons. The number of hydrogen-bond donors (Lipinski definition) is 2. The van der Waals surface area contributed by atoms with Crippen LogP contribution in [0.4, 0.5) is 0 Å². The zero-order chi connectivity index (χ0) is 13.2. The lowest BCUT2D eigenvalue weighted by Crippen LogP contribution is -2.15. The highest BCUT2D eigenvalue weighted by atomic mass is 79.9. The van der Waals surface area contributed by atoms with Crippen molar-refractivity contribution in [2.75, 3.05) is 0 Å². The molecule has 1 aromatic carbocycles. The molecule has 0 aliphatic rings. The molecule has 0 saturated carbocycles. The van der Waals surface area contributed by atoms with Gasteiger partial charge in [0.2, 0.25) is 0 Å². The smallest absolute Gasteiger partial charge is 0.337 e. The predicted molar refractivity (Wildman–Crippen MR) is 66.0 cm³/mol. The maximum absolute atomic E-state index is 11.2. The van der Waals surface area contributed by atoms with Gasteiger partial charge in [-0.1, -0.05) is 28.1 Å². The lowest BCUT2D eigenvalue weighted by Gasteiger charge is -2.16. The summed E-state index contributed by atoms with van der Waals surface area (Å²) in [6, 6.07) is 4.72. The van der Waals surface area contributed by atoms with Crippen molar-refractivity contribution in [3.8, 4) is 0 Å². The van der Waals surface area contributed by atoms with E-state index >= 15 is 0 Å². The lowest BCUT2D eigenvalue weighted by molar-refractivity contribution is -0.147. The molecule has 0 fully saturated rings. The van der Waals surface area contributed by atoms with Gasteiger partial charge in [-0.25, -0.2) is 4.79 Å². The van der Waals surface area contributed by atoms with Crippen molar-refractivity contribution in [1.29, 1.82) is 0 Å². The lowest BCUT2D eigenvalue weighted by atomic mass is 9.98. The van der Waals surface area contributed by atoms with Crippen molar-refractivity contribution in [3.05, 3.63) is 33.8 Å². The second-order valence-electron chi connectivity index (χ2n) is 3.46. The minimum Gasteiger partial charge on any atom is -0.479 e. The Hall–Kier alpha value is -0.910. The van der Waals surface area contributed by atoms with Gasteiger partial charge in [0, 0.05) is 10.0 Å². The van der Waals surface area contributed by atoms with Crippen LogP contribution < -0.4 is 0 Å². The van der Waals surface area contributed by atoms with E-state index in [-0.39, 0.29) is 11.3 Å². The molecular formula is C11H10BrClO4. The minimum atomic E-state index is -1.72. The molecule has 92 valence electrons. The van der Waals surface area contributed by atoms with E-state index in [0.717, 1.165) is 0 Å². The molecule has 2 atom stereocenters. The maximum atomic E-state index is 11.2. The van der Waals surface area contributed by atoms with Crippen LogP contribution in [0.25, 0.3) is 0 Å². The van der Waals surface area contributed by atoms with Crippen molar-refractivity contribution in [3.63, 3.8) is 0 Å². The quantitative estimate of drug-likeness (QED) is 0.835. The molecule has 0 bridgehead atoms. The molecule has 0 saturated heterocycles. The van der Waals surface area contributed by atoms with Crippen molar-refractivity contribution in [2.45, 2.75) is 18.4 Å². The van der Waals surface area contributed by atoms with Crippen molar-refractivity contribution < 1.29 is 19.8 Å². The average molecular weight is 322 g/mol. The number of rotatable bonds is 4. The molecule has 2 N–H and O–H groups in total. The highest BCUT2D eigenvalue weighted by molar-refractivity contribution is 9.10. The van der Waals surface area contributed by atoms with E-state index in [2.05, 4.69) is 15.9 Å². The third kappa shape index (κ3) is 3.06. The topological polar surface area (TPSA) is 74.6 Å². The summed E-state index contributed by atoms with van der Waals surface area (Å²) in [7, 11) is 0. The Morgan fingerprint density at radius 2 is 2.00 bits per heavy atom. The van der Waals surface area contributed by atoms with Crippen LogP contribution in [0.1, 0.15) is 29.5 Å². The Morgan fingerprint density at radius 1 is 1.41 bits per heavy atom. The molecule has 0 heterocycles. The van der Waals surface area contributed by atoms with Crippen LogP contribution in [0, 0.1) is 0 Å². The number of hydrogen-bond acceptors (Lipinski definition) is 3. The first kappa shape index (κ1) is 14.2. The summed E-state index contributed by atoms with van der Waals surface area (Å²) < 4.78 is 0.400. The van der Waals surface area contributed by atoms with Gasteiger partial charge in [0.25, 0.3) is 0 Å². The summed E-state index contributed by atoms with van der Waals surface area (Å²) in [5.74, 6) is -1.71. The number of aliphatic hydroxyl groups is 1. The van der Waals surface area contributed by atoms with Gasteiger partial charge in [0.1, 0.15) is 5.38 Å². The van der Waals surface area contributed by atoms with Crippen LogP contribution in [0.5, 0.6) is 0 Å².